The first kappa shape index (κ1) is 9.45. The summed E-state index contributed by atoms with van der Waals surface area (Å²) < 4.78 is 0. The van der Waals surface area contributed by atoms with Crippen molar-refractivity contribution in [2.24, 2.45) is 5.92 Å². The first-order valence-corrected chi connectivity index (χ1v) is 3.78. The molecule has 1 aliphatic heterocycles. The molecule has 1 fully saturated rings. The maximum Gasteiger partial charge on any atom is 0 e. The molecule has 0 atom stereocenters. The van der Waals surface area contributed by atoms with Crippen LogP contribution in [0.15, 0.2) is 0 Å². The van der Waals surface area contributed by atoms with E-state index in [0.29, 0.717) is 0 Å². The van der Waals surface area contributed by atoms with Gasteiger partial charge in [0.1, 0.15) is 0 Å². The molecule has 0 aromatic heterocycles. The molecular formula is C6H11SY-. The fraction of sp³-hybridized carbons (Fsp3) is 0.833. The predicted octanol–water partition coefficient (Wildman–Crippen LogP) is 2.31. The van der Waals surface area contributed by atoms with Crippen LogP contribution < -0.4 is 0 Å². The van der Waals surface area contributed by atoms with Crippen LogP contribution >= 0.6 is 11.8 Å². The molecular weight excluding hydrogens is 193 g/mol. The predicted molar refractivity (Wildman–Crippen MR) is 35.2 cm³/mol. The molecule has 0 aliphatic carbocycles. The Hall–Kier alpha value is 1.45. The zero-order valence-corrected chi connectivity index (χ0v) is 9.13. The smallest absolute Gasteiger partial charge is 0 e. The monoisotopic (exact) mass is 204 g/mol. The molecule has 1 saturated heterocycles. The van der Waals surface area contributed by atoms with Gasteiger partial charge in [0.2, 0.25) is 0 Å². The summed E-state index contributed by atoms with van der Waals surface area (Å²) in [6.07, 6.45) is 1.38. The van der Waals surface area contributed by atoms with E-state index in [-0.39, 0.29) is 32.7 Å². The molecule has 0 spiro atoms. The van der Waals surface area contributed by atoms with E-state index in [0.717, 1.165) is 5.92 Å². The van der Waals surface area contributed by atoms with Crippen LogP contribution in [0.5, 0.6) is 0 Å². The second kappa shape index (κ2) is 4.30. The van der Waals surface area contributed by atoms with Gasteiger partial charge in [-0.25, -0.2) is 0 Å². The van der Waals surface area contributed by atoms with Crippen LogP contribution in [0, 0.1) is 11.2 Å². The molecule has 0 saturated carbocycles. The van der Waals surface area contributed by atoms with Crippen molar-refractivity contribution < 1.29 is 32.7 Å². The molecule has 0 nitrogen and oxygen atoms in total. The zero-order chi connectivity index (χ0) is 5.28. The second-order valence-corrected chi connectivity index (χ2v) is 3.44. The van der Waals surface area contributed by atoms with Gasteiger partial charge >= 0.3 is 0 Å². The summed E-state index contributed by atoms with van der Waals surface area (Å²) in [7, 11) is 0. The van der Waals surface area contributed by atoms with Gasteiger partial charge in [-0.3, -0.25) is 5.25 Å². The van der Waals surface area contributed by atoms with Gasteiger partial charge in [-0.05, 0) is 0 Å². The quantitative estimate of drug-likeness (QED) is 0.590. The first-order chi connectivity index (χ1) is 3.30. The van der Waals surface area contributed by atoms with Crippen LogP contribution in [0.3, 0.4) is 0 Å². The summed E-state index contributed by atoms with van der Waals surface area (Å²) >= 11 is 2.03. The van der Waals surface area contributed by atoms with Gasteiger partial charge in [0, 0.05) is 32.7 Å². The van der Waals surface area contributed by atoms with E-state index in [1.54, 1.807) is 5.25 Å². The molecule has 8 heavy (non-hydrogen) atoms. The van der Waals surface area contributed by atoms with Crippen molar-refractivity contribution in [3.63, 3.8) is 0 Å². The minimum Gasteiger partial charge on any atom is -0.350 e. The first-order valence-electron chi connectivity index (χ1n) is 2.79. The Bertz CT molecular complexity index is 59.5. The number of thioether (sulfide) groups is 1. The largest absolute Gasteiger partial charge is 0.350 e. The average molecular weight is 204 g/mol. The molecule has 0 bridgehead atoms. The van der Waals surface area contributed by atoms with Crippen molar-refractivity contribution in [3.05, 3.63) is 5.25 Å². The van der Waals surface area contributed by atoms with E-state index >= 15 is 0 Å². The molecule has 1 rings (SSSR count). The molecule has 0 aromatic rings. The van der Waals surface area contributed by atoms with E-state index in [9.17, 15) is 0 Å². The summed E-state index contributed by atoms with van der Waals surface area (Å²) in [4.78, 5) is 0. The minimum absolute atomic E-state index is 0. The zero-order valence-electron chi connectivity index (χ0n) is 5.48. The third-order valence-corrected chi connectivity index (χ3v) is 2.73. The van der Waals surface area contributed by atoms with Gasteiger partial charge in [-0.2, -0.15) is 12.3 Å². The number of rotatable bonds is 1. The van der Waals surface area contributed by atoms with E-state index < -0.39 is 0 Å². The van der Waals surface area contributed by atoms with Crippen molar-refractivity contribution in [1.29, 1.82) is 0 Å². The third-order valence-electron chi connectivity index (χ3n) is 1.28. The maximum absolute atomic E-state index is 2.27. The average Bonchev–Trinajstić information content (AvgIpc) is 1.23. The Morgan fingerprint density at radius 3 is 2.00 bits per heavy atom. The summed E-state index contributed by atoms with van der Waals surface area (Å²) in [5.74, 6) is 2.20. The topological polar surface area (TPSA) is 0 Å². The van der Waals surface area contributed by atoms with Crippen LogP contribution in [-0.2, 0) is 32.7 Å². The van der Waals surface area contributed by atoms with Gasteiger partial charge in [-0.15, -0.1) is 0 Å². The molecule has 1 aliphatic rings. The number of hydrogen-bond donors (Lipinski definition) is 0. The number of hydrogen-bond acceptors (Lipinski definition) is 1. The van der Waals surface area contributed by atoms with E-state index in [1.807, 2.05) is 11.8 Å². The Morgan fingerprint density at radius 1 is 1.50 bits per heavy atom. The molecule has 0 aromatic carbocycles. The summed E-state index contributed by atoms with van der Waals surface area (Å²) in [5, 5.41) is 1.69. The van der Waals surface area contributed by atoms with Crippen LogP contribution in [0.4, 0.5) is 0 Å². The summed E-state index contributed by atoms with van der Waals surface area (Å²) in [6.45, 7) is 4.53. The second-order valence-electron chi connectivity index (χ2n) is 2.22. The van der Waals surface area contributed by atoms with E-state index in [1.165, 1.54) is 12.2 Å². The molecule has 2 heteroatoms. The van der Waals surface area contributed by atoms with Gasteiger partial charge in [0.25, 0.3) is 0 Å². The fourth-order valence-electron chi connectivity index (χ4n) is 0.675. The van der Waals surface area contributed by atoms with Crippen molar-refractivity contribution >= 4 is 11.8 Å². The molecule has 1 heterocycles. The standard InChI is InChI=1S/C6H11S.Y/c1-5(2)6-3-4-7-6;/h5H,3-4H2,1-2H3;/q-1;. The fourth-order valence-corrected chi connectivity index (χ4v) is 1.45. The Morgan fingerprint density at radius 2 is 2.00 bits per heavy atom. The maximum atomic E-state index is 2.27. The Balaban J connectivity index is 0.000000490. The molecule has 45 valence electrons. The SMILES string of the molecule is CC(C)[C-]1CCS1.[Y]. The summed E-state index contributed by atoms with van der Waals surface area (Å²) in [6, 6.07) is 0. The molecule has 1 radical (unpaired) electrons. The van der Waals surface area contributed by atoms with Crippen molar-refractivity contribution in [2.45, 2.75) is 20.3 Å². The van der Waals surface area contributed by atoms with Gasteiger partial charge in [-0.1, -0.05) is 19.6 Å². The van der Waals surface area contributed by atoms with Crippen LogP contribution in [0.25, 0.3) is 0 Å². The molecule has 0 amide bonds. The van der Waals surface area contributed by atoms with Gasteiger partial charge < -0.3 is 11.8 Å². The normalized spacial score (nSPS) is 19.9. The Labute approximate surface area is 81.1 Å². The van der Waals surface area contributed by atoms with Gasteiger partial charge in [0.05, 0.1) is 0 Å². The van der Waals surface area contributed by atoms with Crippen molar-refractivity contribution in [1.82, 2.24) is 0 Å². The van der Waals surface area contributed by atoms with Crippen molar-refractivity contribution in [3.8, 4) is 0 Å². The van der Waals surface area contributed by atoms with E-state index in [2.05, 4.69) is 13.8 Å². The minimum atomic E-state index is 0. The molecule has 0 N–H and O–H groups in total. The van der Waals surface area contributed by atoms with E-state index in [4.69, 9.17) is 0 Å². The van der Waals surface area contributed by atoms with Gasteiger partial charge in [0.15, 0.2) is 0 Å². The Kier molecular flexibility index (Phi) is 5.08. The van der Waals surface area contributed by atoms with Crippen LogP contribution in [0.1, 0.15) is 20.3 Å². The van der Waals surface area contributed by atoms with Crippen LogP contribution in [-0.4, -0.2) is 5.75 Å². The third kappa shape index (κ3) is 2.37. The van der Waals surface area contributed by atoms with Crippen molar-refractivity contribution in [2.75, 3.05) is 5.75 Å². The molecule has 0 unspecified atom stereocenters. The summed E-state index contributed by atoms with van der Waals surface area (Å²) in [5.41, 5.74) is 0. The van der Waals surface area contributed by atoms with Crippen LogP contribution in [0.2, 0.25) is 0 Å².